The van der Waals surface area contributed by atoms with Gasteiger partial charge < -0.3 is 15.5 Å². The van der Waals surface area contributed by atoms with Crippen LogP contribution in [-0.4, -0.2) is 34.9 Å². The lowest BCUT2D eigenvalue weighted by Gasteiger charge is -2.30. The highest BCUT2D eigenvalue weighted by Gasteiger charge is 2.29. The van der Waals surface area contributed by atoms with Crippen molar-refractivity contribution in [2.75, 3.05) is 13.2 Å². The molecule has 1 rings (SSSR count). The van der Waals surface area contributed by atoms with E-state index in [1.165, 1.54) is 0 Å². The van der Waals surface area contributed by atoms with Crippen molar-refractivity contribution in [1.29, 1.82) is 0 Å². The molecule has 0 spiro atoms. The number of rotatable bonds is 6. The first kappa shape index (κ1) is 13.2. The molecule has 0 aromatic carbocycles. The zero-order valence-corrected chi connectivity index (χ0v) is 9.78. The molecule has 1 aliphatic rings. The summed E-state index contributed by atoms with van der Waals surface area (Å²) in [4.78, 5) is 11.7. The zero-order chi connectivity index (χ0) is 12.0. The summed E-state index contributed by atoms with van der Waals surface area (Å²) in [5.41, 5.74) is -0.862. The van der Waals surface area contributed by atoms with Crippen LogP contribution >= 0.6 is 0 Å². The maximum absolute atomic E-state index is 11.7. The number of hydrogen-bond acceptors (Lipinski definition) is 3. The van der Waals surface area contributed by atoms with Crippen LogP contribution in [0, 0.1) is 5.92 Å². The average Bonchev–Trinajstić information content (AvgIpc) is 2.79. The normalized spacial score (nSPS) is 20.1. The molecule has 1 aliphatic carbocycles. The molecule has 0 fully saturated rings. The number of aliphatic hydroxyl groups is 2. The molecule has 0 aromatic rings. The van der Waals surface area contributed by atoms with Gasteiger partial charge in [0.1, 0.15) is 0 Å². The van der Waals surface area contributed by atoms with E-state index >= 15 is 0 Å². The smallest absolute Gasteiger partial charge is 0.221 e. The van der Waals surface area contributed by atoms with Gasteiger partial charge in [-0.3, -0.25) is 4.79 Å². The van der Waals surface area contributed by atoms with Crippen LogP contribution in [0.5, 0.6) is 0 Å². The minimum atomic E-state index is -0.862. The standard InChI is InChI=1S/C12H21NO3/c1-2-12(8-14,9-15)13-11(16)7-10-5-3-4-6-10/h3,5,10,14-15H,2,4,6-9H2,1H3,(H,13,16). The first-order chi connectivity index (χ1) is 7.65. The fraction of sp³-hybridized carbons (Fsp3) is 0.750. The number of carbonyl (C=O) groups is 1. The molecule has 1 atom stereocenters. The van der Waals surface area contributed by atoms with Crippen molar-refractivity contribution in [3.8, 4) is 0 Å². The molecular weight excluding hydrogens is 206 g/mol. The predicted molar refractivity (Wildman–Crippen MR) is 61.8 cm³/mol. The predicted octanol–water partition coefficient (Wildman–Crippen LogP) is 0.592. The van der Waals surface area contributed by atoms with Crippen molar-refractivity contribution in [3.63, 3.8) is 0 Å². The van der Waals surface area contributed by atoms with E-state index in [-0.39, 0.29) is 19.1 Å². The van der Waals surface area contributed by atoms with Crippen molar-refractivity contribution in [3.05, 3.63) is 12.2 Å². The molecule has 0 bridgehead atoms. The van der Waals surface area contributed by atoms with Crippen molar-refractivity contribution in [2.24, 2.45) is 5.92 Å². The van der Waals surface area contributed by atoms with Crippen LogP contribution in [0.4, 0.5) is 0 Å². The van der Waals surface area contributed by atoms with Crippen molar-refractivity contribution < 1.29 is 15.0 Å². The minimum Gasteiger partial charge on any atom is -0.394 e. The van der Waals surface area contributed by atoms with Crippen LogP contribution in [0.2, 0.25) is 0 Å². The Hall–Kier alpha value is -0.870. The van der Waals surface area contributed by atoms with Gasteiger partial charge >= 0.3 is 0 Å². The first-order valence-electron chi connectivity index (χ1n) is 5.85. The second-order valence-electron chi connectivity index (χ2n) is 4.47. The molecule has 0 saturated heterocycles. The van der Waals surface area contributed by atoms with E-state index in [1.807, 2.05) is 6.92 Å². The van der Waals surface area contributed by atoms with E-state index in [0.29, 0.717) is 18.8 Å². The molecule has 16 heavy (non-hydrogen) atoms. The summed E-state index contributed by atoms with van der Waals surface area (Å²) in [6, 6.07) is 0. The van der Waals surface area contributed by atoms with Gasteiger partial charge in [-0.1, -0.05) is 19.1 Å². The van der Waals surface area contributed by atoms with Crippen molar-refractivity contribution >= 4 is 5.91 Å². The Bertz CT molecular complexity index is 251. The van der Waals surface area contributed by atoms with E-state index in [9.17, 15) is 15.0 Å². The quantitative estimate of drug-likeness (QED) is 0.582. The van der Waals surface area contributed by atoms with E-state index in [4.69, 9.17) is 0 Å². The summed E-state index contributed by atoms with van der Waals surface area (Å²) in [7, 11) is 0. The Morgan fingerprint density at radius 3 is 2.62 bits per heavy atom. The summed E-state index contributed by atoms with van der Waals surface area (Å²) in [6.45, 7) is 1.38. The number of aliphatic hydroxyl groups excluding tert-OH is 2. The molecule has 0 aliphatic heterocycles. The number of carbonyl (C=O) groups excluding carboxylic acids is 1. The summed E-state index contributed by atoms with van der Waals surface area (Å²) in [6.07, 6.45) is 7.17. The lowest BCUT2D eigenvalue weighted by molar-refractivity contribution is -0.125. The highest BCUT2D eigenvalue weighted by molar-refractivity contribution is 5.77. The molecule has 0 radical (unpaired) electrons. The van der Waals surface area contributed by atoms with Crippen LogP contribution in [0.15, 0.2) is 12.2 Å². The Morgan fingerprint density at radius 1 is 1.50 bits per heavy atom. The molecule has 92 valence electrons. The second kappa shape index (κ2) is 6.01. The Kier molecular flexibility index (Phi) is 4.96. The number of hydrogen-bond donors (Lipinski definition) is 3. The monoisotopic (exact) mass is 227 g/mol. The van der Waals surface area contributed by atoms with Crippen LogP contribution < -0.4 is 5.32 Å². The fourth-order valence-electron chi connectivity index (χ4n) is 1.89. The Labute approximate surface area is 96.4 Å². The maximum atomic E-state index is 11.7. The molecule has 0 heterocycles. The van der Waals surface area contributed by atoms with Crippen LogP contribution in [-0.2, 0) is 4.79 Å². The largest absolute Gasteiger partial charge is 0.394 e. The second-order valence-corrected chi connectivity index (χ2v) is 4.47. The molecular formula is C12H21NO3. The summed E-state index contributed by atoms with van der Waals surface area (Å²) < 4.78 is 0. The third-order valence-electron chi connectivity index (χ3n) is 3.25. The molecule has 1 unspecified atom stereocenters. The number of amides is 1. The van der Waals surface area contributed by atoms with Crippen LogP contribution in [0.3, 0.4) is 0 Å². The van der Waals surface area contributed by atoms with Gasteiger partial charge in [-0.05, 0) is 25.2 Å². The van der Waals surface area contributed by atoms with E-state index in [0.717, 1.165) is 12.8 Å². The summed E-state index contributed by atoms with van der Waals surface area (Å²) in [5.74, 6) is 0.216. The average molecular weight is 227 g/mol. The Balaban J connectivity index is 2.44. The minimum absolute atomic E-state index is 0.0958. The molecule has 1 amide bonds. The van der Waals surface area contributed by atoms with E-state index in [2.05, 4.69) is 17.5 Å². The van der Waals surface area contributed by atoms with Crippen molar-refractivity contribution in [1.82, 2.24) is 5.32 Å². The van der Waals surface area contributed by atoms with Gasteiger partial charge in [0.15, 0.2) is 0 Å². The topological polar surface area (TPSA) is 69.6 Å². The molecule has 0 aromatic heterocycles. The van der Waals surface area contributed by atoms with Gasteiger partial charge in [0, 0.05) is 6.42 Å². The number of allylic oxidation sites excluding steroid dienone is 2. The zero-order valence-electron chi connectivity index (χ0n) is 9.78. The first-order valence-corrected chi connectivity index (χ1v) is 5.85. The highest BCUT2D eigenvalue weighted by atomic mass is 16.3. The van der Waals surface area contributed by atoms with Gasteiger partial charge in [-0.15, -0.1) is 0 Å². The summed E-state index contributed by atoms with van der Waals surface area (Å²) in [5, 5.41) is 21.1. The van der Waals surface area contributed by atoms with Crippen LogP contribution in [0.1, 0.15) is 32.6 Å². The molecule has 0 saturated carbocycles. The number of nitrogens with one attached hydrogen (secondary N) is 1. The molecule has 3 N–H and O–H groups in total. The third-order valence-corrected chi connectivity index (χ3v) is 3.25. The SMILES string of the molecule is CCC(CO)(CO)NC(=O)CC1C=CCC1. The van der Waals surface area contributed by atoms with Crippen molar-refractivity contribution in [2.45, 2.75) is 38.1 Å². The van der Waals surface area contributed by atoms with Crippen LogP contribution in [0.25, 0.3) is 0 Å². The highest BCUT2D eigenvalue weighted by Crippen LogP contribution is 2.20. The van der Waals surface area contributed by atoms with Gasteiger partial charge in [-0.2, -0.15) is 0 Å². The van der Waals surface area contributed by atoms with E-state index < -0.39 is 5.54 Å². The summed E-state index contributed by atoms with van der Waals surface area (Å²) >= 11 is 0. The third kappa shape index (κ3) is 3.32. The van der Waals surface area contributed by atoms with Gasteiger partial charge in [0.25, 0.3) is 0 Å². The van der Waals surface area contributed by atoms with Gasteiger partial charge in [0.2, 0.25) is 5.91 Å². The van der Waals surface area contributed by atoms with Gasteiger partial charge in [0.05, 0.1) is 18.8 Å². The molecule has 4 heteroatoms. The lowest BCUT2D eigenvalue weighted by Crippen LogP contribution is -2.54. The fourth-order valence-corrected chi connectivity index (χ4v) is 1.89. The molecule has 4 nitrogen and oxygen atoms in total. The maximum Gasteiger partial charge on any atom is 0.221 e. The van der Waals surface area contributed by atoms with E-state index in [1.54, 1.807) is 0 Å². The van der Waals surface area contributed by atoms with Gasteiger partial charge in [-0.25, -0.2) is 0 Å². The lowest BCUT2D eigenvalue weighted by atomic mass is 9.97. The Morgan fingerprint density at radius 2 is 2.19 bits per heavy atom.